The summed E-state index contributed by atoms with van der Waals surface area (Å²) in [7, 11) is 8.40. The van der Waals surface area contributed by atoms with Crippen molar-refractivity contribution < 1.29 is 37.0 Å². The van der Waals surface area contributed by atoms with Crippen molar-refractivity contribution in [3.8, 4) is 0 Å². The smallest absolute Gasteiger partial charge is 0.210 e. The molecule has 0 bridgehead atoms. The normalized spacial score (nSPS) is 39.3. The Morgan fingerprint density at radius 3 is 3.00 bits per heavy atom. The SMILES string of the molecule is [2H]OC[C@H]1O[C@@H]([B])C([CH2-])[C@H]1OC.[3H]C.[W]. The molecule has 0 aliphatic carbocycles. The third-order valence-electron chi connectivity index (χ3n) is 1.98. The van der Waals surface area contributed by atoms with Crippen LogP contribution < -0.4 is 0 Å². The first kappa shape index (κ1) is 11.7. The fourth-order valence-electron chi connectivity index (χ4n) is 1.30. The van der Waals surface area contributed by atoms with Crippen LogP contribution in [0.15, 0.2) is 0 Å². The number of aliphatic hydroxyl groups excluding tert-OH is 1. The van der Waals surface area contributed by atoms with Gasteiger partial charge in [0, 0.05) is 29.5 Å². The topological polar surface area (TPSA) is 38.7 Å². The summed E-state index contributed by atoms with van der Waals surface area (Å²) >= 11 is 0. The second kappa shape index (κ2) is 7.00. The second-order valence-electron chi connectivity index (χ2n) is 2.67. The van der Waals surface area contributed by atoms with E-state index < -0.39 is 6.00 Å². The van der Waals surface area contributed by atoms with Crippen LogP contribution in [-0.4, -0.2) is 46.3 Å². The Hall–Kier alpha value is 0.633. The van der Waals surface area contributed by atoms with E-state index in [1.807, 2.05) is 0 Å². The molecule has 3 nitrogen and oxygen atoms in total. The van der Waals surface area contributed by atoms with Crippen LogP contribution in [0.3, 0.4) is 0 Å². The Kier molecular flexibility index (Phi) is 6.30. The van der Waals surface area contributed by atoms with Gasteiger partial charge in [-0.3, -0.25) is 0 Å². The van der Waals surface area contributed by atoms with Crippen molar-refractivity contribution in [3.05, 3.63) is 6.92 Å². The van der Waals surface area contributed by atoms with Gasteiger partial charge in [0.1, 0.15) is 14.0 Å². The van der Waals surface area contributed by atoms with Crippen molar-refractivity contribution >= 4 is 7.85 Å². The van der Waals surface area contributed by atoms with E-state index in [4.69, 9.17) is 20.1 Å². The van der Waals surface area contributed by atoms with Gasteiger partial charge in [0.25, 0.3) is 0 Å². The molecule has 76 valence electrons. The average Bonchev–Trinajstić information content (AvgIpc) is 2.46. The average molecular weight is 358 g/mol. The molecule has 1 aliphatic rings. The summed E-state index contributed by atoms with van der Waals surface area (Å²) in [4.78, 5) is 0. The molecule has 0 spiro atoms. The standard InChI is InChI=1S/C7H12BO3.CH4.W/c1-4-6(10-2)5(3-9)11-7(4)8;;/h4-7,9H,1,3H2,2H3;1H4;/q-1;;/t4?,5-,6-,7-;;/m1../s1/i9D;1T;. The Morgan fingerprint density at radius 2 is 2.54 bits per heavy atom. The van der Waals surface area contributed by atoms with Crippen molar-refractivity contribution in [2.45, 2.75) is 25.6 Å². The maximum Gasteiger partial charge on any atom is 0.210 e. The van der Waals surface area contributed by atoms with Gasteiger partial charge in [-0.15, -0.1) is 5.92 Å². The van der Waals surface area contributed by atoms with E-state index in [9.17, 15) is 0 Å². The molecular weight excluding hydrogens is 339 g/mol. The number of hydrogen-bond donors (Lipinski definition) is 1. The summed E-state index contributed by atoms with van der Waals surface area (Å²) in [6, 6.07) is -0.421. The first-order chi connectivity index (χ1) is 6.70. The van der Waals surface area contributed by atoms with Crippen molar-refractivity contribution in [3.63, 3.8) is 0 Å². The van der Waals surface area contributed by atoms with Gasteiger partial charge in [0.15, 0.2) is 0 Å². The fraction of sp³-hybridized carbons (Fsp3) is 0.875. The fourth-order valence-corrected chi connectivity index (χ4v) is 1.30. The van der Waals surface area contributed by atoms with Crippen molar-refractivity contribution in [1.82, 2.24) is 0 Å². The minimum atomic E-state index is -0.421. The maximum atomic E-state index is 6.57. The zero-order chi connectivity index (χ0) is 11.1. The van der Waals surface area contributed by atoms with Crippen LogP contribution in [0.1, 0.15) is 8.77 Å². The molecule has 0 aromatic carbocycles. The summed E-state index contributed by atoms with van der Waals surface area (Å²) in [5.41, 5.74) is 0. The van der Waals surface area contributed by atoms with Gasteiger partial charge in [0.05, 0.1) is 12.7 Å². The molecule has 1 aliphatic heterocycles. The molecule has 1 heterocycles. The Balaban J connectivity index is 0. The molecule has 5 heteroatoms. The molecule has 1 N–H and O–H groups in total. The molecule has 1 fully saturated rings. The van der Waals surface area contributed by atoms with Crippen LogP contribution in [0.2, 0.25) is 0 Å². The van der Waals surface area contributed by atoms with Gasteiger partial charge < -0.3 is 21.5 Å². The third-order valence-corrected chi connectivity index (χ3v) is 1.98. The molecule has 0 aromatic heterocycles. The predicted octanol–water partition coefficient (Wildman–Crippen LogP) is -0.0290. The molecule has 0 amide bonds. The van der Waals surface area contributed by atoms with Crippen LogP contribution in [0.4, 0.5) is 0 Å². The minimum absolute atomic E-state index is 0. The van der Waals surface area contributed by atoms with Gasteiger partial charge in [-0.25, -0.2) is 0 Å². The van der Waals surface area contributed by atoms with Crippen LogP contribution in [0, 0.1) is 12.8 Å². The monoisotopic (exact) mass is 358 g/mol. The Labute approximate surface area is 98.8 Å². The van der Waals surface area contributed by atoms with Crippen LogP contribution in [0.5, 0.6) is 0 Å². The number of hydrogen-bond acceptors (Lipinski definition) is 3. The van der Waals surface area contributed by atoms with Gasteiger partial charge in [-0.05, 0) is 6.00 Å². The number of ether oxygens (including phenoxy) is 2. The van der Waals surface area contributed by atoms with E-state index in [1.165, 1.54) is 7.40 Å². The van der Waals surface area contributed by atoms with Gasteiger partial charge in [0.2, 0.25) is 1.43 Å². The zero-order valence-corrected chi connectivity index (χ0v) is 10.9. The quantitative estimate of drug-likeness (QED) is 0.569. The van der Waals surface area contributed by atoms with E-state index >= 15 is 0 Å². The number of rotatable bonds is 3. The molecule has 1 unspecified atom stereocenters. The molecule has 0 aromatic rings. The first-order valence-electron chi connectivity index (χ1n) is 4.96. The Morgan fingerprint density at radius 1 is 1.92 bits per heavy atom. The predicted molar refractivity (Wildman–Crippen MR) is 47.9 cm³/mol. The van der Waals surface area contributed by atoms with E-state index in [1.54, 1.807) is 7.11 Å². The summed E-state index contributed by atoms with van der Waals surface area (Å²) in [6.07, 6.45) is -0.449. The van der Waals surface area contributed by atoms with Crippen molar-refractivity contribution in [2.75, 3.05) is 13.7 Å². The largest absolute Gasteiger partial charge is 0.394 e. The molecule has 0 saturated carbocycles. The van der Waals surface area contributed by atoms with Gasteiger partial charge >= 0.3 is 0 Å². The zero-order valence-electron chi connectivity index (χ0n) is 9.93. The molecule has 1 rings (SSSR count). The van der Waals surface area contributed by atoms with Crippen LogP contribution in [0.25, 0.3) is 0 Å². The second-order valence-corrected chi connectivity index (χ2v) is 2.67. The van der Waals surface area contributed by atoms with Gasteiger partial charge in [-0.2, -0.15) is 0 Å². The third kappa shape index (κ3) is 3.36. The molecule has 4 atom stereocenters. The summed E-state index contributed by atoms with van der Waals surface area (Å²) in [5.74, 6) is -0.102. The number of methoxy groups -OCH3 is 1. The first-order valence-corrected chi connectivity index (χ1v) is 3.55. The summed E-state index contributed by atoms with van der Waals surface area (Å²) in [5, 5.41) is 4.22. The van der Waals surface area contributed by atoms with E-state index in [0.717, 1.165) is 0 Å². The molecule has 2 radical (unpaired) electrons. The summed E-state index contributed by atoms with van der Waals surface area (Å²) in [6.45, 7) is 3.98. The summed E-state index contributed by atoms with van der Waals surface area (Å²) < 4.78 is 22.7. The van der Waals surface area contributed by atoms with Crippen molar-refractivity contribution in [1.29, 1.82) is 1.43 Å². The number of aliphatic hydroxyl groups is 1. The van der Waals surface area contributed by atoms with E-state index in [2.05, 4.69) is 12.0 Å². The Bertz CT molecular complexity index is 156. The van der Waals surface area contributed by atoms with Crippen LogP contribution >= 0.6 is 0 Å². The molecule has 13 heavy (non-hydrogen) atoms. The maximum absolute atomic E-state index is 6.57. The van der Waals surface area contributed by atoms with Crippen molar-refractivity contribution in [2.24, 2.45) is 5.92 Å². The van der Waals surface area contributed by atoms with E-state index in [-0.39, 0.29) is 45.8 Å². The minimum Gasteiger partial charge on any atom is -0.394 e. The van der Waals surface area contributed by atoms with E-state index in [0.29, 0.717) is 0 Å². The van der Waals surface area contributed by atoms with Gasteiger partial charge in [-0.1, -0.05) is 7.40 Å². The molecule has 1 saturated heterocycles. The van der Waals surface area contributed by atoms with Crippen LogP contribution in [-0.2, 0) is 30.5 Å². The molecular formula is C8H16BO3W-.